The Hall–Kier alpha value is -1.17. The van der Waals surface area contributed by atoms with Gasteiger partial charge in [-0.05, 0) is 6.92 Å². The van der Waals surface area contributed by atoms with Gasteiger partial charge in [0.15, 0.2) is 0 Å². The molecule has 8 heteroatoms. The van der Waals surface area contributed by atoms with Gasteiger partial charge in [-0.25, -0.2) is 4.79 Å². The van der Waals surface area contributed by atoms with E-state index in [-0.39, 0.29) is 19.6 Å². The molecule has 0 aromatic carbocycles. The standard InChI is InChI=1S/C10H17O7P/c1-2-4-9(11)16-6-3-7-17-10(12)5-8-18(13,14)15/h2,4H,3,5-8H2,1H3,(H2,13,14,15). The second kappa shape index (κ2) is 8.85. The van der Waals surface area contributed by atoms with E-state index >= 15 is 0 Å². The van der Waals surface area contributed by atoms with Crippen LogP contribution >= 0.6 is 7.60 Å². The number of ether oxygens (including phenoxy) is 2. The lowest BCUT2D eigenvalue weighted by Crippen LogP contribution is -2.10. The Balaban J connectivity index is 3.52. The predicted molar refractivity (Wildman–Crippen MR) is 62.9 cm³/mol. The Kier molecular flexibility index (Phi) is 8.28. The molecule has 0 spiro atoms. The van der Waals surface area contributed by atoms with E-state index in [0.29, 0.717) is 6.42 Å². The fourth-order valence-corrected chi connectivity index (χ4v) is 1.38. The van der Waals surface area contributed by atoms with E-state index in [1.54, 1.807) is 13.0 Å². The van der Waals surface area contributed by atoms with E-state index < -0.39 is 25.7 Å². The number of carbonyl (C=O) groups excluding carboxylic acids is 2. The molecule has 0 bridgehead atoms. The highest BCUT2D eigenvalue weighted by molar-refractivity contribution is 7.51. The van der Waals surface area contributed by atoms with E-state index in [4.69, 9.17) is 14.5 Å². The van der Waals surface area contributed by atoms with E-state index in [9.17, 15) is 14.2 Å². The zero-order chi connectivity index (χ0) is 14.0. The van der Waals surface area contributed by atoms with Gasteiger partial charge in [0.1, 0.15) is 0 Å². The summed E-state index contributed by atoms with van der Waals surface area (Å²) >= 11 is 0. The Morgan fingerprint density at radius 1 is 1.22 bits per heavy atom. The van der Waals surface area contributed by atoms with Crippen LogP contribution in [0.15, 0.2) is 12.2 Å². The summed E-state index contributed by atoms with van der Waals surface area (Å²) in [6.07, 6.45) is 2.30. The first-order chi connectivity index (χ1) is 8.35. The maximum Gasteiger partial charge on any atom is 0.330 e. The largest absolute Gasteiger partial charge is 0.466 e. The zero-order valence-electron chi connectivity index (χ0n) is 10.1. The molecule has 7 nitrogen and oxygen atoms in total. The maximum absolute atomic E-state index is 11.0. The Morgan fingerprint density at radius 2 is 1.83 bits per heavy atom. The lowest BCUT2D eigenvalue weighted by molar-refractivity contribution is -0.144. The molecule has 18 heavy (non-hydrogen) atoms. The van der Waals surface area contributed by atoms with Gasteiger partial charge in [-0.2, -0.15) is 0 Å². The summed E-state index contributed by atoms with van der Waals surface area (Å²) in [7, 11) is -4.16. The Labute approximate surface area is 105 Å². The molecule has 2 N–H and O–H groups in total. The minimum atomic E-state index is -4.16. The van der Waals surface area contributed by atoms with Crippen molar-refractivity contribution in [2.24, 2.45) is 0 Å². The molecule has 0 aliphatic heterocycles. The summed E-state index contributed by atoms with van der Waals surface area (Å²) in [5.74, 6) is -1.15. The van der Waals surface area contributed by atoms with Crippen molar-refractivity contribution in [3.05, 3.63) is 12.2 Å². The highest BCUT2D eigenvalue weighted by Gasteiger charge is 2.15. The SMILES string of the molecule is CC=CC(=O)OCCCOC(=O)CCP(=O)(O)O. The second-order valence-electron chi connectivity index (χ2n) is 3.38. The molecule has 0 atom stereocenters. The van der Waals surface area contributed by atoms with Gasteiger partial charge in [0.25, 0.3) is 0 Å². The third-order valence-corrected chi connectivity index (χ3v) is 2.51. The smallest absolute Gasteiger partial charge is 0.330 e. The number of rotatable bonds is 8. The van der Waals surface area contributed by atoms with Crippen molar-refractivity contribution in [2.45, 2.75) is 19.8 Å². The average molecular weight is 280 g/mol. The van der Waals surface area contributed by atoms with Crippen LogP contribution in [-0.2, 0) is 23.6 Å². The topological polar surface area (TPSA) is 110 Å². The first kappa shape index (κ1) is 16.8. The number of allylic oxidation sites excluding steroid dienone is 1. The molecule has 0 fully saturated rings. The normalized spacial score (nSPS) is 11.5. The maximum atomic E-state index is 11.0. The molecule has 0 unspecified atom stereocenters. The van der Waals surface area contributed by atoms with Crippen LogP contribution in [0.5, 0.6) is 0 Å². The van der Waals surface area contributed by atoms with Gasteiger partial charge in [-0.15, -0.1) is 0 Å². The monoisotopic (exact) mass is 280 g/mol. The highest BCUT2D eigenvalue weighted by Crippen LogP contribution is 2.34. The molecule has 0 amide bonds. The van der Waals surface area contributed by atoms with Gasteiger partial charge in [0.2, 0.25) is 0 Å². The first-order valence-electron chi connectivity index (χ1n) is 5.35. The third-order valence-electron chi connectivity index (χ3n) is 1.71. The van der Waals surface area contributed by atoms with Crippen molar-refractivity contribution in [3.63, 3.8) is 0 Å². The van der Waals surface area contributed by atoms with Crippen LogP contribution in [0.2, 0.25) is 0 Å². The summed E-state index contributed by atoms with van der Waals surface area (Å²) in [4.78, 5) is 38.9. The van der Waals surface area contributed by atoms with Crippen molar-refractivity contribution in [2.75, 3.05) is 19.4 Å². The molecule has 0 aromatic heterocycles. The average Bonchev–Trinajstić information content (AvgIpc) is 2.25. The summed E-state index contributed by atoms with van der Waals surface area (Å²) in [5, 5.41) is 0. The summed E-state index contributed by atoms with van der Waals surface area (Å²) < 4.78 is 19.9. The molecule has 0 rings (SSSR count). The van der Waals surface area contributed by atoms with Crippen LogP contribution in [0.3, 0.4) is 0 Å². The molecule has 0 heterocycles. The van der Waals surface area contributed by atoms with Gasteiger partial charge in [0, 0.05) is 12.5 Å². The molecule has 0 saturated carbocycles. The second-order valence-corrected chi connectivity index (χ2v) is 5.16. The van der Waals surface area contributed by atoms with Crippen LogP contribution < -0.4 is 0 Å². The lowest BCUT2D eigenvalue weighted by atomic mass is 10.4. The molecule has 0 aliphatic rings. The van der Waals surface area contributed by atoms with E-state index in [1.165, 1.54) is 6.08 Å². The van der Waals surface area contributed by atoms with Crippen LogP contribution in [0.25, 0.3) is 0 Å². The molecule has 0 radical (unpaired) electrons. The minimum Gasteiger partial charge on any atom is -0.466 e. The van der Waals surface area contributed by atoms with Crippen LogP contribution in [-0.4, -0.2) is 41.1 Å². The van der Waals surface area contributed by atoms with Gasteiger partial charge in [0.05, 0.1) is 25.8 Å². The summed E-state index contributed by atoms with van der Waals surface area (Å²) in [6.45, 7) is 1.85. The van der Waals surface area contributed by atoms with Crippen molar-refractivity contribution in [1.29, 1.82) is 0 Å². The van der Waals surface area contributed by atoms with E-state index in [1.807, 2.05) is 0 Å². The van der Waals surface area contributed by atoms with Crippen molar-refractivity contribution < 1.29 is 33.4 Å². The van der Waals surface area contributed by atoms with E-state index in [2.05, 4.69) is 4.74 Å². The summed E-state index contributed by atoms with van der Waals surface area (Å²) in [5.41, 5.74) is 0. The number of hydrogen-bond donors (Lipinski definition) is 2. The Morgan fingerprint density at radius 3 is 2.39 bits per heavy atom. The van der Waals surface area contributed by atoms with Crippen LogP contribution in [0.4, 0.5) is 0 Å². The minimum absolute atomic E-state index is 0.0448. The first-order valence-corrected chi connectivity index (χ1v) is 7.14. The van der Waals surface area contributed by atoms with Gasteiger partial charge in [-0.3, -0.25) is 9.36 Å². The fourth-order valence-electron chi connectivity index (χ4n) is 0.911. The van der Waals surface area contributed by atoms with Crippen molar-refractivity contribution >= 4 is 19.5 Å². The van der Waals surface area contributed by atoms with Gasteiger partial charge < -0.3 is 19.3 Å². The molecule has 0 aromatic rings. The predicted octanol–water partition coefficient (Wildman–Crippen LogP) is 0.607. The number of carbonyl (C=O) groups is 2. The van der Waals surface area contributed by atoms with E-state index in [0.717, 1.165) is 0 Å². The van der Waals surface area contributed by atoms with Gasteiger partial charge in [-0.1, -0.05) is 6.08 Å². The quantitative estimate of drug-likeness (QED) is 0.290. The molecule has 0 aliphatic carbocycles. The molecular formula is C10H17O7P. The van der Waals surface area contributed by atoms with Gasteiger partial charge >= 0.3 is 19.5 Å². The molecular weight excluding hydrogens is 263 g/mol. The number of hydrogen-bond acceptors (Lipinski definition) is 5. The van der Waals surface area contributed by atoms with Crippen LogP contribution in [0, 0.1) is 0 Å². The third kappa shape index (κ3) is 11.3. The van der Waals surface area contributed by atoms with Crippen molar-refractivity contribution in [3.8, 4) is 0 Å². The van der Waals surface area contributed by atoms with Crippen molar-refractivity contribution in [1.82, 2.24) is 0 Å². The molecule has 0 saturated heterocycles. The Bertz CT molecular complexity index is 344. The lowest BCUT2D eigenvalue weighted by Gasteiger charge is -2.06. The zero-order valence-corrected chi connectivity index (χ0v) is 11.0. The number of esters is 2. The fraction of sp³-hybridized carbons (Fsp3) is 0.600. The van der Waals surface area contributed by atoms with Crippen LogP contribution in [0.1, 0.15) is 19.8 Å². The summed E-state index contributed by atoms with van der Waals surface area (Å²) in [6, 6.07) is 0. The molecule has 104 valence electrons. The highest BCUT2D eigenvalue weighted by atomic mass is 31.2.